The van der Waals surface area contributed by atoms with Crippen LogP contribution in [0.4, 0.5) is 5.69 Å². The zero-order chi connectivity index (χ0) is 17.4. The van der Waals surface area contributed by atoms with Crippen molar-refractivity contribution >= 4 is 11.3 Å². The maximum absolute atomic E-state index is 12.8. The summed E-state index contributed by atoms with van der Waals surface area (Å²) >= 11 is 0. The number of rotatable bonds is 4. The number of ether oxygens (including phenoxy) is 1. The van der Waals surface area contributed by atoms with E-state index in [0.29, 0.717) is 23.4 Å². The van der Waals surface area contributed by atoms with Crippen molar-refractivity contribution in [2.75, 3.05) is 6.61 Å². The fourth-order valence-electron chi connectivity index (χ4n) is 3.12. The number of quaternary nitrogens is 1. The normalized spacial score (nSPS) is 20.4. The number of fused-ring (bicyclic) bond motifs is 1. The molecule has 3 heterocycles. The van der Waals surface area contributed by atoms with E-state index in [1.165, 1.54) is 8.97 Å². The van der Waals surface area contributed by atoms with E-state index in [4.69, 9.17) is 9.94 Å². The van der Waals surface area contributed by atoms with Crippen LogP contribution in [0.15, 0.2) is 47.5 Å². The maximum atomic E-state index is 12.8. The summed E-state index contributed by atoms with van der Waals surface area (Å²) in [5.41, 5.74) is 3.61. The van der Waals surface area contributed by atoms with Crippen molar-refractivity contribution in [3.05, 3.63) is 53.2 Å². The van der Waals surface area contributed by atoms with Gasteiger partial charge in [-0.25, -0.2) is 15.0 Å². The lowest BCUT2D eigenvalue weighted by Gasteiger charge is -2.14. The summed E-state index contributed by atoms with van der Waals surface area (Å²) in [5, 5.41) is 18.2. The largest absolute Gasteiger partial charge is 0.394 e. The molecule has 8 heteroatoms. The van der Waals surface area contributed by atoms with Crippen LogP contribution in [0, 0.1) is 0 Å². The van der Waals surface area contributed by atoms with Crippen molar-refractivity contribution < 1.29 is 20.5 Å². The summed E-state index contributed by atoms with van der Waals surface area (Å²) in [4.78, 5) is 17.3. The zero-order valence-corrected chi connectivity index (χ0v) is 13.4. The van der Waals surface area contributed by atoms with Gasteiger partial charge in [0.05, 0.1) is 18.4 Å². The molecule has 1 fully saturated rings. The molecule has 0 bridgehead atoms. The van der Waals surface area contributed by atoms with E-state index >= 15 is 0 Å². The second-order valence-electron chi connectivity index (χ2n) is 6.08. The fraction of sp³-hybridized carbons (Fsp3) is 0.294. The molecule has 1 aromatic carbocycles. The molecule has 8 nitrogen and oxygen atoms in total. The molecule has 0 aliphatic carbocycles. The topological polar surface area (TPSA) is 106 Å². The lowest BCUT2D eigenvalue weighted by atomic mass is 10.1. The molecule has 0 spiro atoms. The van der Waals surface area contributed by atoms with E-state index < -0.39 is 0 Å². The molecular weight excluding hydrogens is 324 g/mol. The molecule has 0 unspecified atom stereocenters. The molecule has 1 aliphatic rings. The Balaban J connectivity index is 1.71. The Labute approximate surface area is 142 Å². The van der Waals surface area contributed by atoms with Crippen LogP contribution < -0.4 is 11.2 Å². The number of nitrogens with zero attached hydrogens (tertiary/aromatic N) is 3. The molecule has 0 saturated carbocycles. The Morgan fingerprint density at radius 3 is 2.72 bits per heavy atom. The van der Waals surface area contributed by atoms with Gasteiger partial charge in [0.15, 0.2) is 5.69 Å². The van der Waals surface area contributed by atoms with Gasteiger partial charge < -0.3 is 9.84 Å². The molecule has 1 aliphatic heterocycles. The average molecular weight is 343 g/mol. The van der Waals surface area contributed by atoms with Gasteiger partial charge in [-0.1, -0.05) is 0 Å². The van der Waals surface area contributed by atoms with Crippen molar-refractivity contribution in [3.63, 3.8) is 0 Å². The van der Waals surface area contributed by atoms with Crippen LogP contribution in [0.1, 0.15) is 19.1 Å². The number of hydrogen-bond donors (Lipinski definition) is 3. The molecule has 3 aromatic rings. The molecule has 2 aromatic heterocycles. The quantitative estimate of drug-likeness (QED) is 0.470. The van der Waals surface area contributed by atoms with Gasteiger partial charge >= 0.3 is 5.69 Å². The molecular formula is C17H19N4O4+. The maximum Gasteiger partial charge on any atom is 0.336 e. The van der Waals surface area contributed by atoms with E-state index in [0.717, 1.165) is 17.5 Å². The van der Waals surface area contributed by atoms with Gasteiger partial charge in [0.2, 0.25) is 0 Å². The van der Waals surface area contributed by atoms with Gasteiger partial charge in [-0.3, -0.25) is 8.97 Å². The standard InChI is InChI=1S/C17H18N4O4/c22-10-13-5-6-16(25-13)20-8-7-15-18-14(9-21(15)17(20)23)11-1-3-12(19-24)4-2-11/h1-4,7-9,13,16,19,22,24H,5-6,10H2/p+1/t13-,16+/m0/s1. The van der Waals surface area contributed by atoms with E-state index in [1.54, 1.807) is 30.6 Å². The summed E-state index contributed by atoms with van der Waals surface area (Å²) in [6.45, 7) is -0.0377. The molecule has 0 amide bonds. The zero-order valence-electron chi connectivity index (χ0n) is 13.4. The van der Waals surface area contributed by atoms with Crippen LogP contribution in [0.2, 0.25) is 0 Å². The average Bonchev–Trinajstić information content (AvgIpc) is 3.29. The second-order valence-corrected chi connectivity index (χ2v) is 6.08. The molecule has 25 heavy (non-hydrogen) atoms. The summed E-state index contributed by atoms with van der Waals surface area (Å²) in [6.07, 6.45) is 4.23. The SMILES string of the molecule is O=c1n([C@H]2CC[C@@H](CO)O2)ccc2nc(-c3ccc([NH2+]O)cc3)cn12. The van der Waals surface area contributed by atoms with Gasteiger partial charge in [0, 0.05) is 30.1 Å². The van der Waals surface area contributed by atoms with Crippen LogP contribution in [-0.4, -0.2) is 37.0 Å². The first-order chi connectivity index (χ1) is 12.2. The van der Waals surface area contributed by atoms with Crippen LogP contribution in [0.25, 0.3) is 16.9 Å². The third kappa shape index (κ3) is 2.85. The van der Waals surface area contributed by atoms with Crippen molar-refractivity contribution in [3.8, 4) is 11.3 Å². The van der Waals surface area contributed by atoms with Crippen molar-refractivity contribution in [1.82, 2.24) is 14.0 Å². The Bertz CT molecular complexity index is 947. The summed E-state index contributed by atoms with van der Waals surface area (Å²) < 4.78 is 8.73. The second kappa shape index (κ2) is 6.41. The van der Waals surface area contributed by atoms with Crippen molar-refractivity contribution in [2.45, 2.75) is 25.2 Å². The number of benzene rings is 1. The predicted molar refractivity (Wildman–Crippen MR) is 88.5 cm³/mol. The van der Waals surface area contributed by atoms with Crippen LogP contribution in [0.5, 0.6) is 0 Å². The lowest BCUT2D eigenvalue weighted by molar-refractivity contribution is -0.825. The lowest BCUT2D eigenvalue weighted by Crippen LogP contribution is -2.73. The monoisotopic (exact) mass is 343 g/mol. The smallest absolute Gasteiger partial charge is 0.336 e. The van der Waals surface area contributed by atoms with Gasteiger partial charge in [-0.2, -0.15) is 5.48 Å². The number of nitrogens with two attached hydrogens (primary N) is 1. The van der Waals surface area contributed by atoms with Gasteiger partial charge in [-0.15, -0.1) is 0 Å². The minimum atomic E-state index is -0.362. The first-order valence-electron chi connectivity index (χ1n) is 8.14. The molecule has 4 rings (SSSR count). The Morgan fingerprint density at radius 1 is 1.24 bits per heavy atom. The minimum absolute atomic E-state index is 0.0377. The Kier molecular flexibility index (Phi) is 4.10. The summed E-state index contributed by atoms with van der Waals surface area (Å²) in [5.74, 6) is 0. The molecule has 1 saturated heterocycles. The van der Waals surface area contributed by atoms with Gasteiger partial charge in [0.25, 0.3) is 0 Å². The van der Waals surface area contributed by atoms with E-state index in [9.17, 15) is 9.90 Å². The molecule has 130 valence electrons. The van der Waals surface area contributed by atoms with E-state index in [1.807, 2.05) is 12.1 Å². The first kappa shape index (κ1) is 16.0. The molecule has 0 radical (unpaired) electrons. The van der Waals surface area contributed by atoms with Crippen LogP contribution in [-0.2, 0) is 4.74 Å². The first-order valence-corrected chi connectivity index (χ1v) is 8.14. The number of aliphatic hydroxyl groups is 1. The Morgan fingerprint density at radius 2 is 2.04 bits per heavy atom. The highest BCUT2D eigenvalue weighted by molar-refractivity contribution is 5.63. The fourth-order valence-corrected chi connectivity index (χ4v) is 3.12. The van der Waals surface area contributed by atoms with E-state index in [-0.39, 0.29) is 24.6 Å². The molecule has 2 atom stereocenters. The number of hydrogen-bond acceptors (Lipinski definition) is 5. The van der Waals surface area contributed by atoms with E-state index in [2.05, 4.69) is 4.98 Å². The number of imidazole rings is 1. The highest BCUT2D eigenvalue weighted by Crippen LogP contribution is 2.27. The predicted octanol–water partition coefficient (Wildman–Crippen LogP) is 0.417. The van der Waals surface area contributed by atoms with Gasteiger partial charge in [0.1, 0.15) is 11.9 Å². The summed E-state index contributed by atoms with van der Waals surface area (Å²) in [6, 6.07) is 9.01. The third-order valence-electron chi connectivity index (χ3n) is 4.50. The third-order valence-corrected chi connectivity index (χ3v) is 4.50. The molecule has 4 N–H and O–H groups in total. The van der Waals surface area contributed by atoms with Crippen molar-refractivity contribution in [2.24, 2.45) is 0 Å². The van der Waals surface area contributed by atoms with Crippen molar-refractivity contribution in [1.29, 1.82) is 0 Å². The Hall–Kier alpha value is -2.52. The number of aliphatic hydroxyl groups excluding tert-OH is 1. The number of aromatic nitrogens is 3. The van der Waals surface area contributed by atoms with Crippen LogP contribution in [0.3, 0.4) is 0 Å². The van der Waals surface area contributed by atoms with Gasteiger partial charge in [-0.05, 0) is 31.0 Å². The highest BCUT2D eigenvalue weighted by Gasteiger charge is 2.27. The van der Waals surface area contributed by atoms with Crippen LogP contribution >= 0.6 is 0 Å². The summed E-state index contributed by atoms with van der Waals surface area (Å²) in [7, 11) is 0. The highest BCUT2D eigenvalue weighted by atomic mass is 16.5. The minimum Gasteiger partial charge on any atom is -0.394 e.